The van der Waals surface area contributed by atoms with E-state index < -0.39 is 0 Å². The predicted octanol–water partition coefficient (Wildman–Crippen LogP) is 2.43. The quantitative estimate of drug-likeness (QED) is 0.843. The first-order valence-electron chi connectivity index (χ1n) is 6.43. The molecule has 3 N–H and O–H groups in total. The third-order valence-corrected chi connectivity index (χ3v) is 3.12. The van der Waals surface area contributed by atoms with Crippen molar-refractivity contribution in [3.8, 4) is 5.75 Å². The number of halogens is 1. The summed E-state index contributed by atoms with van der Waals surface area (Å²) < 4.78 is 5.73. The van der Waals surface area contributed by atoms with Gasteiger partial charge in [0.15, 0.2) is 0 Å². The van der Waals surface area contributed by atoms with Gasteiger partial charge < -0.3 is 15.8 Å². The van der Waals surface area contributed by atoms with Crippen molar-refractivity contribution in [3.05, 3.63) is 24.3 Å². The molecular weight excluding hydrogens is 264 g/mol. The Morgan fingerprint density at radius 2 is 2.16 bits per heavy atom. The number of hydrogen-bond donors (Lipinski definition) is 2. The van der Waals surface area contributed by atoms with Crippen LogP contribution in [0.1, 0.15) is 19.8 Å². The first-order valence-corrected chi connectivity index (χ1v) is 6.43. The molecule has 2 rings (SSSR count). The first-order chi connectivity index (χ1) is 8.70. The molecule has 4 nitrogen and oxygen atoms in total. The van der Waals surface area contributed by atoms with Gasteiger partial charge in [0.25, 0.3) is 0 Å². The van der Waals surface area contributed by atoms with Crippen LogP contribution in [0.15, 0.2) is 24.3 Å². The van der Waals surface area contributed by atoms with Gasteiger partial charge in [-0.3, -0.25) is 4.79 Å². The molecule has 1 atom stereocenters. The Kier molecular flexibility index (Phi) is 6.12. The normalized spacial score (nSPS) is 15.3. The van der Waals surface area contributed by atoms with E-state index in [2.05, 4.69) is 5.32 Å². The standard InChI is InChI=1S/C14H20N2O2.ClH/c1-10(8-15)14(17)16-12-4-2-3-5-13(12)18-9-11-6-7-11;/h2-5,10-11H,6-9,15H2,1H3,(H,16,17);1H. The SMILES string of the molecule is CC(CN)C(=O)Nc1ccccc1OCC1CC1.Cl. The molecule has 1 amide bonds. The second kappa shape index (κ2) is 7.36. The van der Waals surface area contributed by atoms with E-state index in [-0.39, 0.29) is 24.2 Å². The van der Waals surface area contributed by atoms with Gasteiger partial charge >= 0.3 is 0 Å². The topological polar surface area (TPSA) is 64.4 Å². The van der Waals surface area contributed by atoms with Crippen molar-refractivity contribution in [2.75, 3.05) is 18.5 Å². The summed E-state index contributed by atoms with van der Waals surface area (Å²) in [7, 11) is 0. The zero-order valence-electron chi connectivity index (χ0n) is 11.1. The predicted molar refractivity (Wildman–Crippen MR) is 78.8 cm³/mol. The molecule has 1 aliphatic carbocycles. The monoisotopic (exact) mass is 284 g/mol. The molecule has 0 aliphatic heterocycles. The summed E-state index contributed by atoms with van der Waals surface area (Å²) in [6.07, 6.45) is 2.50. The van der Waals surface area contributed by atoms with Crippen molar-refractivity contribution in [1.29, 1.82) is 0 Å². The van der Waals surface area contributed by atoms with E-state index in [4.69, 9.17) is 10.5 Å². The number of hydrogen-bond acceptors (Lipinski definition) is 3. The number of ether oxygens (including phenoxy) is 1. The van der Waals surface area contributed by atoms with Crippen LogP contribution in [0.25, 0.3) is 0 Å². The highest BCUT2D eigenvalue weighted by atomic mass is 35.5. The molecule has 1 saturated carbocycles. The van der Waals surface area contributed by atoms with Crippen LogP contribution in [0.3, 0.4) is 0 Å². The molecule has 106 valence electrons. The number of nitrogens with two attached hydrogens (primary N) is 1. The van der Waals surface area contributed by atoms with Gasteiger partial charge in [-0.1, -0.05) is 19.1 Å². The molecule has 1 aliphatic rings. The van der Waals surface area contributed by atoms with Crippen LogP contribution < -0.4 is 15.8 Å². The molecule has 0 spiro atoms. The molecule has 1 fully saturated rings. The van der Waals surface area contributed by atoms with Crippen molar-refractivity contribution in [3.63, 3.8) is 0 Å². The lowest BCUT2D eigenvalue weighted by molar-refractivity contribution is -0.119. The van der Waals surface area contributed by atoms with Crippen LogP contribution in [-0.4, -0.2) is 19.1 Å². The van der Waals surface area contributed by atoms with Gasteiger partial charge in [-0.2, -0.15) is 0 Å². The van der Waals surface area contributed by atoms with Crippen LogP contribution in [-0.2, 0) is 4.79 Å². The van der Waals surface area contributed by atoms with Crippen LogP contribution in [0.5, 0.6) is 5.75 Å². The Morgan fingerprint density at radius 1 is 1.47 bits per heavy atom. The summed E-state index contributed by atoms with van der Waals surface area (Å²) in [5, 5.41) is 2.86. The second-order valence-corrected chi connectivity index (χ2v) is 4.88. The number of amides is 1. The number of para-hydroxylation sites is 2. The Balaban J connectivity index is 0.00000180. The van der Waals surface area contributed by atoms with Crippen LogP contribution in [0.2, 0.25) is 0 Å². The second-order valence-electron chi connectivity index (χ2n) is 4.88. The van der Waals surface area contributed by atoms with Crippen molar-refractivity contribution in [1.82, 2.24) is 0 Å². The summed E-state index contributed by atoms with van der Waals surface area (Å²) in [6.45, 7) is 2.89. The lowest BCUT2D eigenvalue weighted by Crippen LogP contribution is -2.26. The molecule has 1 unspecified atom stereocenters. The van der Waals surface area contributed by atoms with Gasteiger partial charge in [-0.15, -0.1) is 12.4 Å². The van der Waals surface area contributed by atoms with E-state index >= 15 is 0 Å². The third kappa shape index (κ3) is 4.73. The highest BCUT2D eigenvalue weighted by Gasteiger charge is 2.22. The maximum Gasteiger partial charge on any atom is 0.228 e. The first kappa shape index (κ1) is 15.8. The zero-order chi connectivity index (χ0) is 13.0. The summed E-state index contributed by atoms with van der Waals surface area (Å²) in [4.78, 5) is 11.8. The maximum absolute atomic E-state index is 11.8. The van der Waals surface area contributed by atoms with E-state index in [1.165, 1.54) is 12.8 Å². The van der Waals surface area contributed by atoms with E-state index in [1.54, 1.807) is 0 Å². The molecule has 5 heteroatoms. The molecule has 1 aromatic rings. The van der Waals surface area contributed by atoms with Crippen LogP contribution in [0, 0.1) is 11.8 Å². The Bertz CT molecular complexity index is 422. The lowest BCUT2D eigenvalue weighted by Gasteiger charge is -2.14. The minimum absolute atomic E-state index is 0. The highest BCUT2D eigenvalue weighted by Crippen LogP contribution is 2.31. The molecular formula is C14H21ClN2O2. The van der Waals surface area contributed by atoms with Crippen molar-refractivity contribution < 1.29 is 9.53 Å². The van der Waals surface area contributed by atoms with E-state index in [0.717, 1.165) is 18.0 Å². The van der Waals surface area contributed by atoms with Crippen molar-refractivity contribution in [2.24, 2.45) is 17.6 Å². The van der Waals surface area contributed by atoms with E-state index in [1.807, 2.05) is 31.2 Å². The fourth-order valence-corrected chi connectivity index (χ4v) is 1.55. The number of benzene rings is 1. The maximum atomic E-state index is 11.8. The molecule has 0 saturated heterocycles. The average Bonchev–Trinajstić information content (AvgIpc) is 3.20. The van der Waals surface area contributed by atoms with Crippen molar-refractivity contribution >= 4 is 24.0 Å². The van der Waals surface area contributed by atoms with E-state index in [9.17, 15) is 4.79 Å². The lowest BCUT2D eigenvalue weighted by atomic mass is 10.1. The third-order valence-electron chi connectivity index (χ3n) is 3.12. The average molecular weight is 285 g/mol. The van der Waals surface area contributed by atoms with Gasteiger partial charge in [0, 0.05) is 12.5 Å². The van der Waals surface area contributed by atoms with Crippen LogP contribution >= 0.6 is 12.4 Å². The summed E-state index contributed by atoms with van der Waals surface area (Å²) in [5.74, 6) is 1.17. The van der Waals surface area contributed by atoms with Gasteiger partial charge in [0.2, 0.25) is 5.91 Å². The molecule has 0 radical (unpaired) electrons. The molecule has 0 aromatic heterocycles. The molecule has 19 heavy (non-hydrogen) atoms. The summed E-state index contributed by atoms with van der Waals surface area (Å²) in [6, 6.07) is 7.52. The Hall–Kier alpha value is -1.26. The van der Waals surface area contributed by atoms with Gasteiger partial charge in [-0.25, -0.2) is 0 Å². The number of anilines is 1. The minimum atomic E-state index is -0.193. The van der Waals surface area contributed by atoms with Gasteiger partial charge in [0.1, 0.15) is 5.75 Å². The number of carbonyl (C=O) groups is 1. The van der Waals surface area contributed by atoms with Gasteiger partial charge in [0.05, 0.1) is 12.3 Å². The fraction of sp³-hybridized carbons (Fsp3) is 0.500. The zero-order valence-corrected chi connectivity index (χ0v) is 11.9. The largest absolute Gasteiger partial charge is 0.491 e. The summed E-state index contributed by atoms with van der Waals surface area (Å²) >= 11 is 0. The molecule has 1 aromatic carbocycles. The number of carbonyl (C=O) groups excluding carboxylic acids is 1. The minimum Gasteiger partial charge on any atom is -0.491 e. The Morgan fingerprint density at radius 3 is 2.79 bits per heavy atom. The molecule has 0 heterocycles. The van der Waals surface area contributed by atoms with Crippen LogP contribution in [0.4, 0.5) is 5.69 Å². The number of rotatable bonds is 6. The van der Waals surface area contributed by atoms with Gasteiger partial charge in [-0.05, 0) is 30.9 Å². The number of nitrogens with one attached hydrogen (secondary N) is 1. The molecule has 0 bridgehead atoms. The summed E-state index contributed by atoms with van der Waals surface area (Å²) in [5.41, 5.74) is 6.20. The highest BCUT2D eigenvalue weighted by molar-refractivity contribution is 5.93. The smallest absolute Gasteiger partial charge is 0.228 e. The van der Waals surface area contributed by atoms with E-state index in [0.29, 0.717) is 12.5 Å². The fourth-order valence-electron chi connectivity index (χ4n) is 1.55. The Labute approximate surface area is 120 Å². The van der Waals surface area contributed by atoms with Crippen molar-refractivity contribution in [2.45, 2.75) is 19.8 Å².